The Balaban J connectivity index is 2.63. The molecular weight excluding hydrogens is 269 g/mol. The molecule has 1 N–H and O–H groups in total. The lowest BCUT2D eigenvalue weighted by Crippen LogP contribution is -2.04. The summed E-state index contributed by atoms with van der Waals surface area (Å²) in [4.78, 5) is -0.352. The number of rotatable bonds is 1. The summed E-state index contributed by atoms with van der Waals surface area (Å²) >= 11 is 0. The molecule has 0 aliphatic rings. The van der Waals surface area contributed by atoms with Crippen LogP contribution in [0.1, 0.15) is 5.56 Å². The van der Waals surface area contributed by atoms with E-state index in [2.05, 4.69) is 0 Å². The zero-order valence-corrected chi connectivity index (χ0v) is 9.59. The highest BCUT2D eigenvalue weighted by molar-refractivity contribution is 7.85. The molecule has 0 spiro atoms. The van der Waals surface area contributed by atoms with Gasteiger partial charge in [-0.2, -0.15) is 21.6 Å². The number of hydrogen-bond acceptors (Lipinski definition) is 2. The third-order valence-corrected chi connectivity index (χ3v) is 3.29. The first-order chi connectivity index (χ1) is 8.18. The van der Waals surface area contributed by atoms with Crippen LogP contribution in [0.3, 0.4) is 0 Å². The Hall–Kier alpha value is -1.60. The molecule has 3 nitrogen and oxygen atoms in total. The van der Waals surface area contributed by atoms with Crippen LogP contribution in [0.5, 0.6) is 0 Å². The molecule has 2 aromatic carbocycles. The van der Waals surface area contributed by atoms with E-state index in [9.17, 15) is 21.6 Å². The van der Waals surface area contributed by atoms with E-state index in [0.29, 0.717) is 5.39 Å². The first-order valence-electron chi connectivity index (χ1n) is 4.76. The van der Waals surface area contributed by atoms with Crippen LogP contribution < -0.4 is 0 Å². The summed E-state index contributed by atoms with van der Waals surface area (Å²) in [6.07, 6.45) is -4.45. The van der Waals surface area contributed by atoms with Gasteiger partial charge in [0.05, 0.1) is 10.5 Å². The fourth-order valence-electron chi connectivity index (χ4n) is 1.56. The van der Waals surface area contributed by atoms with Crippen LogP contribution in [-0.2, 0) is 16.3 Å². The molecule has 0 saturated heterocycles. The molecule has 0 bridgehead atoms. The summed E-state index contributed by atoms with van der Waals surface area (Å²) in [6, 6.07) is 6.32. The lowest BCUT2D eigenvalue weighted by atomic mass is 10.1. The fraction of sp³-hybridized carbons (Fsp3) is 0.0909. The van der Waals surface area contributed by atoms with Crippen molar-refractivity contribution in [3.05, 3.63) is 42.0 Å². The SMILES string of the molecule is O=S(=O)(O)c1ccc2cc(C(F)(F)F)ccc2c1. The molecule has 2 aromatic rings. The molecule has 0 unspecified atom stereocenters. The number of alkyl halides is 3. The predicted molar refractivity (Wildman–Crippen MR) is 58.8 cm³/mol. The predicted octanol–water partition coefficient (Wildman–Crippen LogP) is 3.11. The lowest BCUT2D eigenvalue weighted by Gasteiger charge is -2.08. The zero-order chi connectivity index (χ0) is 13.6. The minimum Gasteiger partial charge on any atom is -0.282 e. The van der Waals surface area contributed by atoms with Crippen LogP contribution >= 0.6 is 0 Å². The van der Waals surface area contributed by atoms with E-state index >= 15 is 0 Å². The molecule has 7 heteroatoms. The molecule has 0 aromatic heterocycles. The molecular formula is C11H7F3O3S. The second-order valence-electron chi connectivity index (χ2n) is 3.70. The van der Waals surface area contributed by atoms with Crippen molar-refractivity contribution in [1.82, 2.24) is 0 Å². The normalized spacial score (nSPS) is 12.9. The smallest absolute Gasteiger partial charge is 0.282 e. The number of halogens is 3. The summed E-state index contributed by atoms with van der Waals surface area (Å²) in [5, 5.41) is 0.551. The van der Waals surface area contributed by atoms with E-state index in [1.54, 1.807) is 0 Å². The van der Waals surface area contributed by atoms with E-state index < -0.39 is 21.9 Å². The number of benzene rings is 2. The first-order valence-corrected chi connectivity index (χ1v) is 6.20. The quantitative estimate of drug-likeness (QED) is 0.814. The minimum atomic E-state index is -4.45. The molecule has 0 heterocycles. The van der Waals surface area contributed by atoms with E-state index in [4.69, 9.17) is 4.55 Å². The van der Waals surface area contributed by atoms with Crippen LogP contribution in [-0.4, -0.2) is 13.0 Å². The standard InChI is InChI=1S/C11H7F3O3S/c12-11(13,14)9-3-1-8-6-10(18(15,16)17)4-2-7(8)5-9/h1-6H,(H,15,16,17). The van der Waals surface area contributed by atoms with Crippen LogP contribution in [0.25, 0.3) is 10.8 Å². The maximum atomic E-state index is 12.4. The number of fused-ring (bicyclic) bond motifs is 1. The number of hydrogen-bond donors (Lipinski definition) is 1. The Morgan fingerprint density at radius 1 is 0.944 bits per heavy atom. The highest BCUT2D eigenvalue weighted by atomic mass is 32.2. The van der Waals surface area contributed by atoms with Gasteiger partial charge >= 0.3 is 6.18 Å². The molecule has 18 heavy (non-hydrogen) atoms. The van der Waals surface area contributed by atoms with Crippen molar-refractivity contribution in [2.45, 2.75) is 11.1 Å². The lowest BCUT2D eigenvalue weighted by molar-refractivity contribution is -0.137. The van der Waals surface area contributed by atoms with Gasteiger partial charge in [-0.1, -0.05) is 12.1 Å². The van der Waals surface area contributed by atoms with Gasteiger partial charge in [-0.15, -0.1) is 0 Å². The third kappa shape index (κ3) is 2.46. The van der Waals surface area contributed by atoms with Crippen LogP contribution in [0.15, 0.2) is 41.3 Å². The van der Waals surface area contributed by atoms with Gasteiger partial charge in [0, 0.05) is 0 Å². The van der Waals surface area contributed by atoms with Gasteiger partial charge in [-0.3, -0.25) is 4.55 Å². The maximum absolute atomic E-state index is 12.4. The van der Waals surface area contributed by atoms with Crippen molar-refractivity contribution in [2.75, 3.05) is 0 Å². The zero-order valence-electron chi connectivity index (χ0n) is 8.77. The average Bonchev–Trinajstić information content (AvgIpc) is 2.25. The van der Waals surface area contributed by atoms with Crippen molar-refractivity contribution < 1.29 is 26.1 Å². The molecule has 0 saturated carbocycles. The Labute approximate surface area is 101 Å². The van der Waals surface area contributed by atoms with E-state index in [-0.39, 0.29) is 10.3 Å². The van der Waals surface area contributed by atoms with Gasteiger partial charge in [-0.25, -0.2) is 0 Å². The first kappa shape index (κ1) is 12.8. The summed E-state index contributed by atoms with van der Waals surface area (Å²) < 4.78 is 67.9. The molecule has 96 valence electrons. The van der Waals surface area contributed by atoms with E-state index in [0.717, 1.165) is 30.3 Å². The van der Waals surface area contributed by atoms with Crippen LogP contribution in [0, 0.1) is 0 Å². The monoisotopic (exact) mass is 276 g/mol. The molecule has 2 rings (SSSR count). The molecule has 0 atom stereocenters. The average molecular weight is 276 g/mol. The van der Waals surface area contributed by atoms with Crippen LogP contribution in [0.4, 0.5) is 13.2 Å². The largest absolute Gasteiger partial charge is 0.416 e. The molecule has 0 aliphatic heterocycles. The highest BCUT2D eigenvalue weighted by Gasteiger charge is 2.30. The van der Waals surface area contributed by atoms with Crippen molar-refractivity contribution in [2.24, 2.45) is 0 Å². The van der Waals surface area contributed by atoms with Crippen molar-refractivity contribution in [3.63, 3.8) is 0 Å². The van der Waals surface area contributed by atoms with Gasteiger partial charge in [0.15, 0.2) is 0 Å². The highest BCUT2D eigenvalue weighted by Crippen LogP contribution is 2.31. The Bertz CT molecular complexity index is 705. The van der Waals surface area contributed by atoms with Crippen molar-refractivity contribution in [1.29, 1.82) is 0 Å². The van der Waals surface area contributed by atoms with Gasteiger partial charge in [0.25, 0.3) is 10.1 Å². The second-order valence-corrected chi connectivity index (χ2v) is 5.12. The van der Waals surface area contributed by atoms with Crippen LogP contribution in [0.2, 0.25) is 0 Å². The molecule has 0 radical (unpaired) electrons. The van der Waals surface area contributed by atoms with Gasteiger partial charge in [-0.05, 0) is 35.0 Å². The summed E-state index contributed by atoms with van der Waals surface area (Å²) in [5.74, 6) is 0. The second kappa shape index (κ2) is 3.96. The summed E-state index contributed by atoms with van der Waals surface area (Å²) in [5.41, 5.74) is -0.811. The van der Waals surface area contributed by atoms with E-state index in [1.807, 2.05) is 0 Å². The Morgan fingerprint density at radius 2 is 1.50 bits per heavy atom. The molecule has 0 aliphatic carbocycles. The Morgan fingerprint density at radius 3 is 2.06 bits per heavy atom. The van der Waals surface area contributed by atoms with Gasteiger partial charge < -0.3 is 0 Å². The van der Waals surface area contributed by atoms with Gasteiger partial charge in [0.2, 0.25) is 0 Å². The third-order valence-electron chi connectivity index (χ3n) is 2.44. The maximum Gasteiger partial charge on any atom is 0.416 e. The van der Waals surface area contributed by atoms with E-state index in [1.165, 1.54) is 6.07 Å². The summed E-state index contributed by atoms with van der Waals surface area (Å²) in [6.45, 7) is 0. The summed E-state index contributed by atoms with van der Waals surface area (Å²) in [7, 11) is -4.36. The topological polar surface area (TPSA) is 54.4 Å². The molecule has 0 amide bonds. The van der Waals surface area contributed by atoms with Crippen molar-refractivity contribution >= 4 is 20.9 Å². The Kier molecular flexibility index (Phi) is 2.83. The fourth-order valence-corrected chi connectivity index (χ4v) is 2.08. The minimum absolute atomic E-state index is 0.247. The molecule has 0 fully saturated rings. The van der Waals surface area contributed by atoms with Crippen molar-refractivity contribution in [3.8, 4) is 0 Å². The van der Waals surface area contributed by atoms with Gasteiger partial charge in [0.1, 0.15) is 0 Å².